The number of fused-ring (bicyclic) bond motifs is 2. The molecule has 2 aromatic carbocycles. The van der Waals surface area contributed by atoms with Gasteiger partial charge in [-0.3, -0.25) is 9.59 Å². The SMILES string of the molecule is COc1ccc2c(c1)C(=O)c1ccc(Br)cc1C2=O. The van der Waals surface area contributed by atoms with Crippen molar-refractivity contribution in [1.82, 2.24) is 0 Å². The predicted molar refractivity (Wildman–Crippen MR) is 74.0 cm³/mol. The van der Waals surface area contributed by atoms with E-state index in [1.165, 1.54) is 7.11 Å². The Kier molecular flexibility index (Phi) is 2.75. The Morgan fingerprint density at radius 1 is 0.842 bits per heavy atom. The van der Waals surface area contributed by atoms with Crippen LogP contribution in [0.1, 0.15) is 31.8 Å². The smallest absolute Gasteiger partial charge is 0.194 e. The first-order valence-electron chi connectivity index (χ1n) is 5.69. The molecule has 0 heterocycles. The van der Waals surface area contributed by atoms with Gasteiger partial charge < -0.3 is 4.74 Å². The van der Waals surface area contributed by atoms with Gasteiger partial charge in [-0.05, 0) is 36.4 Å². The lowest BCUT2D eigenvalue weighted by molar-refractivity contribution is 0.0979. The summed E-state index contributed by atoms with van der Waals surface area (Å²) in [6.07, 6.45) is 0. The van der Waals surface area contributed by atoms with Crippen LogP contribution in [0.25, 0.3) is 0 Å². The van der Waals surface area contributed by atoms with E-state index in [1.807, 2.05) is 0 Å². The summed E-state index contributed by atoms with van der Waals surface area (Å²) >= 11 is 3.32. The van der Waals surface area contributed by atoms with Crippen LogP contribution in [-0.2, 0) is 0 Å². The Balaban J connectivity index is 2.26. The Labute approximate surface area is 118 Å². The van der Waals surface area contributed by atoms with E-state index in [0.29, 0.717) is 28.0 Å². The molecule has 1 aliphatic carbocycles. The van der Waals surface area contributed by atoms with Crippen molar-refractivity contribution in [3.8, 4) is 5.75 Å². The molecule has 4 heteroatoms. The highest BCUT2D eigenvalue weighted by Gasteiger charge is 2.29. The van der Waals surface area contributed by atoms with E-state index in [-0.39, 0.29) is 11.6 Å². The molecular formula is C15H9BrO3. The van der Waals surface area contributed by atoms with Gasteiger partial charge in [-0.2, -0.15) is 0 Å². The number of ketones is 2. The van der Waals surface area contributed by atoms with Crippen LogP contribution in [0.5, 0.6) is 5.75 Å². The van der Waals surface area contributed by atoms with Gasteiger partial charge in [0, 0.05) is 26.7 Å². The lowest BCUT2D eigenvalue weighted by atomic mass is 9.84. The normalized spacial score (nSPS) is 12.9. The largest absolute Gasteiger partial charge is 0.497 e. The standard InChI is InChI=1S/C15H9BrO3/c1-19-9-3-5-11-13(7-9)15(18)10-4-2-8(16)6-12(10)14(11)17/h2-7H,1H3. The summed E-state index contributed by atoms with van der Waals surface area (Å²) in [5, 5.41) is 0. The number of halogens is 1. The first-order valence-corrected chi connectivity index (χ1v) is 6.48. The maximum atomic E-state index is 12.4. The second-order valence-electron chi connectivity index (χ2n) is 4.26. The van der Waals surface area contributed by atoms with Crippen LogP contribution in [0.15, 0.2) is 40.9 Å². The number of rotatable bonds is 1. The van der Waals surface area contributed by atoms with E-state index in [1.54, 1.807) is 36.4 Å². The third kappa shape index (κ3) is 1.79. The van der Waals surface area contributed by atoms with Gasteiger partial charge in [0.1, 0.15) is 5.75 Å². The number of hydrogen-bond donors (Lipinski definition) is 0. The van der Waals surface area contributed by atoms with Crippen LogP contribution >= 0.6 is 15.9 Å². The topological polar surface area (TPSA) is 43.4 Å². The van der Waals surface area contributed by atoms with Crippen molar-refractivity contribution >= 4 is 27.5 Å². The predicted octanol–water partition coefficient (Wildman–Crippen LogP) is 3.23. The minimum atomic E-state index is -0.143. The molecule has 0 aromatic heterocycles. The van der Waals surface area contributed by atoms with E-state index in [4.69, 9.17) is 4.74 Å². The van der Waals surface area contributed by atoms with Crippen molar-refractivity contribution in [2.45, 2.75) is 0 Å². The summed E-state index contributed by atoms with van der Waals surface area (Å²) in [5.41, 5.74) is 1.71. The van der Waals surface area contributed by atoms with Crippen molar-refractivity contribution in [3.63, 3.8) is 0 Å². The van der Waals surface area contributed by atoms with E-state index in [0.717, 1.165) is 4.47 Å². The Morgan fingerprint density at radius 3 is 2.05 bits per heavy atom. The molecular weight excluding hydrogens is 308 g/mol. The minimum Gasteiger partial charge on any atom is -0.497 e. The van der Waals surface area contributed by atoms with Crippen molar-refractivity contribution in [2.75, 3.05) is 7.11 Å². The molecule has 0 unspecified atom stereocenters. The fraction of sp³-hybridized carbons (Fsp3) is 0.0667. The second kappa shape index (κ2) is 4.31. The number of ether oxygens (including phenoxy) is 1. The first kappa shape index (κ1) is 12.1. The molecule has 19 heavy (non-hydrogen) atoms. The van der Waals surface area contributed by atoms with Crippen LogP contribution in [-0.4, -0.2) is 18.7 Å². The molecule has 0 atom stereocenters. The number of carbonyl (C=O) groups excluding carboxylic acids is 2. The molecule has 1 aliphatic rings. The molecule has 0 aliphatic heterocycles. The zero-order valence-corrected chi connectivity index (χ0v) is 11.7. The van der Waals surface area contributed by atoms with Crippen LogP contribution in [0, 0.1) is 0 Å². The number of methoxy groups -OCH3 is 1. The fourth-order valence-corrected chi connectivity index (χ4v) is 2.59. The summed E-state index contributed by atoms with van der Waals surface area (Å²) in [5.74, 6) is 0.296. The fourth-order valence-electron chi connectivity index (χ4n) is 2.23. The van der Waals surface area contributed by atoms with Gasteiger partial charge in [0.25, 0.3) is 0 Å². The van der Waals surface area contributed by atoms with E-state index < -0.39 is 0 Å². The van der Waals surface area contributed by atoms with Crippen molar-refractivity contribution in [3.05, 3.63) is 63.1 Å². The molecule has 0 saturated heterocycles. The summed E-state index contributed by atoms with van der Waals surface area (Å²) in [6.45, 7) is 0. The Bertz CT molecular complexity index is 719. The van der Waals surface area contributed by atoms with E-state index in [2.05, 4.69) is 15.9 Å². The average Bonchev–Trinajstić information content (AvgIpc) is 2.44. The molecule has 0 radical (unpaired) electrons. The second-order valence-corrected chi connectivity index (χ2v) is 5.18. The van der Waals surface area contributed by atoms with Crippen molar-refractivity contribution < 1.29 is 14.3 Å². The summed E-state index contributed by atoms with van der Waals surface area (Å²) in [4.78, 5) is 24.8. The van der Waals surface area contributed by atoms with Gasteiger partial charge in [-0.1, -0.05) is 15.9 Å². The van der Waals surface area contributed by atoms with Gasteiger partial charge in [0.2, 0.25) is 0 Å². The van der Waals surface area contributed by atoms with Gasteiger partial charge in [-0.25, -0.2) is 0 Å². The molecule has 94 valence electrons. The lowest BCUT2D eigenvalue weighted by Crippen LogP contribution is -2.20. The number of hydrogen-bond acceptors (Lipinski definition) is 3. The maximum Gasteiger partial charge on any atom is 0.194 e. The molecule has 0 N–H and O–H groups in total. The maximum absolute atomic E-state index is 12.4. The highest BCUT2D eigenvalue weighted by atomic mass is 79.9. The van der Waals surface area contributed by atoms with E-state index in [9.17, 15) is 9.59 Å². The van der Waals surface area contributed by atoms with E-state index >= 15 is 0 Å². The van der Waals surface area contributed by atoms with Gasteiger partial charge in [-0.15, -0.1) is 0 Å². The third-order valence-corrected chi connectivity index (χ3v) is 3.68. The first-order chi connectivity index (χ1) is 9.11. The number of benzene rings is 2. The molecule has 0 amide bonds. The quantitative estimate of drug-likeness (QED) is 0.692. The molecule has 3 nitrogen and oxygen atoms in total. The lowest BCUT2D eigenvalue weighted by Gasteiger charge is -2.18. The van der Waals surface area contributed by atoms with Crippen LogP contribution < -0.4 is 4.74 Å². The van der Waals surface area contributed by atoms with Crippen LogP contribution in [0.2, 0.25) is 0 Å². The molecule has 3 rings (SSSR count). The van der Waals surface area contributed by atoms with Crippen LogP contribution in [0.4, 0.5) is 0 Å². The monoisotopic (exact) mass is 316 g/mol. The van der Waals surface area contributed by atoms with Crippen molar-refractivity contribution in [1.29, 1.82) is 0 Å². The summed E-state index contributed by atoms with van der Waals surface area (Å²) in [7, 11) is 1.53. The molecule has 2 aromatic rings. The Hall–Kier alpha value is -1.94. The van der Waals surface area contributed by atoms with Crippen LogP contribution in [0.3, 0.4) is 0 Å². The zero-order valence-electron chi connectivity index (χ0n) is 10.1. The van der Waals surface area contributed by atoms with Gasteiger partial charge >= 0.3 is 0 Å². The third-order valence-electron chi connectivity index (χ3n) is 3.19. The van der Waals surface area contributed by atoms with Crippen molar-refractivity contribution in [2.24, 2.45) is 0 Å². The summed E-state index contributed by atoms with van der Waals surface area (Å²) < 4.78 is 5.88. The Morgan fingerprint density at radius 2 is 1.42 bits per heavy atom. The summed E-state index contributed by atoms with van der Waals surface area (Å²) in [6, 6.07) is 10.0. The molecule has 0 spiro atoms. The molecule has 0 bridgehead atoms. The highest BCUT2D eigenvalue weighted by molar-refractivity contribution is 9.10. The van der Waals surface area contributed by atoms with Gasteiger partial charge in [0.05, 0.1) is 7.11 Å². The zero-order chi connectivity index (χ0) is 13.6. The average molecular weight is 317 g/mol. The molecule has 0 saturated carbocycles. The molecule has 0 fully saturated rings. The van der Waals surface area contributed by atoms with Gasteiger partial charge in [0.15, 0.2) is 11.6 Å². The number of carbonyl (C=O) groups is 2. The minimum absolute atomic E-state index is 0.131. The highest BCUT2D eigenvalue weighted by Crippen LogP contribution is 2.31.